The largest absolute Gasteiger partial charge is 0.317 e. The quantitative estimate of drug-likeness (QED) is 0.927. The molecule has 2 aliphatic heterocycles. The van der Waals surface area contributed by atoms with E-state index in [9.17, 15) is 0 Å². The van der Waals surface area contributed by atoms with Crippen LogP contribution in [0.4, 0.5) is 0 Å². The Labute approximate surface area is 149 Å². The lowest BCUT2D eigenvalue weighted by Gasteiger charge is -2.33. The zero-order valence-corrected chi connectivity index (χ0v) is 15.1. The van der Waals surface area contributed by atoms with E-state index in [1.54, 1.807) is 0 Å². The van der Waals surface area contributed by atoms with Crippen LogP contribution in [-0.4, -0.2) is 45.8 Å². The minimum atomic E-state index is 0. The molecule has 2 fully saturated rings. The molecular weight excluding hydrogens is 322 g/mol. The minimum absolute atomic E-state index is 0. The second kappa shape index (κ2) is 7.21. The molecule has 0 radical (unpaired) electrons. The van der Waals surface area contributed by atoms with E-state index in [1.165, 1.54) is 51.0 Å². The summed E-state index contributed by atoms with van der Waals surface area (Å²) < 4.78 is 1.97. The Bertz CT molecular complexity index is 663. The van der Waals surface area contributed by atoms with Gasteiger partial charge in [-0.05, 0) is 63.4 Å². The monoisotopic (exact) mass is 347 g/mol. The number of halogens is 1. The third-order valence-electron chi connectivity index (χ3n) is 5.50. The predicted molar refractivity (Wildman–Crippen MR) is 97.8 cm³/mol. The van der Waals surface area contributed by atoms with Gasteiger partial charge in [-0.1, -0.05) is 0 Å². The first kappa shape index (κ1) is 17.4. The van der Waals surface area contributed by atoms with Crippen molar-refractivity contribution in [1.82, 2.24) is 25.0 Å². The molecule has 4 heterocycles. The number of nitrogens with one attached hydrogen (secondary N) is 1. The van der Waals surface area contributed by atoms with Crippen LogP contribution in [0.15, 0.2) is 30.7 Å². The second-order valence-electron chi connectivity index (χ2n) is 7.10. The first-order chi connectivity index (χ1) is 11.2. The average Bonchev–Trinajstić information content (AvgIpc) is 3.14. The van der Waals surface area contributed by atoms with Gasteiger partial charge in [0.1, 0.15) is 0 Å². The number of pyridine rings is 1. The number of likely N-dealkylation sites (tertiary alicyclic amines) is 1. The maximum atomic E-state index is 4.68. The van der Waals surface area contributed by atoms with Gasteiger partial charge in [-0.25, -0.2) is 4.68 Å². The minimum Gasteiger partial charge on any atom is -0.317 e. The molecule has 0 aliphatic carbocycles. The molecule has 0 unspecified atom stereocenters. The Morgan fingerprint density at radius 2 is 1.92 bits per heavy atom. The van der Waals surface area contributed by atoms with Gasteiger partial charge in [0.2, 0.25) is 0 Å². The van der Waals surface area contributed by atoms with Crippen LogP contribution in [0.2, 0.25) is 0 Å². The molecule has 0 bridgehead atoms. The van der Waals surface area contributed by atoms with Gasteiger partial charge in [0, 0.05) is 37.2 Å². The van der Waals surface area contributed by atoms with E-state index in [2.05, 4.69) is 33.4 Å². The molecule has 2 aromatic rings. The third-order valence-corrected chi connectivity index (χ3v) is 5.50. The van der Waals surface area contributed by atoms with Crippen molar-refractivity contribution in [2.45, 2.75) is 32.7 Å². The summed E-state index contributed by atoms with van der Waals surface area (Å²) in [5.74, 6) is 0. The fourth-order valence-corrected chi connectivity index (χ4v) is 4.05. The van der Waals surface area contributed by atoms with E-state index in [4.69, 9.17) is 0 Å². The summed E-state index contributed by atoms with van der Waals surface area (Å²) in [5, 5.41) is 8.17. The number of piperidine rings is 1. The topological polar surface area (TPSA) is 46.0 Å². The van der Waals surface area contributed by atoms with E-state index in [1.807, 2.05) is 29.2 Å². The van der Waals surface area contributed by atoms with Crippen molar-refractivity contribution in [2.24, 2.45) is 5.41 Å². The van der Waals surface area contributed by atoms with Crippen LogP contribution in [0.5, 0.6) is 0 Å². The highest BCUT2D eigenvalue weighted by Gasteiger charge is 2.38. The first-order valence-corrected chi connectivity index (χ1v) is 8.63. The number of aromatic nitrogens is 3. The van der Waals surface area contributed by atoms with E-state index < -0.39 is 0 Å². The van der Waals surface area contributed by atoms with Crippen molar-refractivity contribution in [3.63, 3.8) is 0 Å². The van der Waals surface area contributed by atoms with Crippen molar-refractivity contribution in [3.05, 3.63) is 42.0 Å². The zero-order chi connectivity index (χ0) is 15.7. The summed E-state index contributed by atoms with van der Waals surface area (Å²) in [7, 11) is 0. The predicted octanol–water partition coefficient (Wildman–Crippen LogP) is 2.57. The number of aryl methyl sites for hydroxylation is 1. The van der Waals surface area contributed by atoms with Crippen molar-refractivity contribution in [3.8, 4) is 5.69 Å². The summed E-state index contributed by atoms with van der Waals surface area (Å²) in [4.78, 5) is 6.69. The van der Waals surface area contributed by atoms with E-state index in [0.717, 1.165) is 17.9 Å². The summed E-state index contributed by atoms with van der Waals surface area (Å²) in [6, 6.07) is 3.99. The lowest BCUT2D eigenvalue weighted by Crippen LogP contribution is -2.38. The van der Waals surface area contributed by atoms with Crippen molar-refractivity contribution in [1.29, 1.82) is 0 Å². The molecule has 6 heteroatoms. The van der Waals surface area contributed by atoms with Crippen molar-refractivity contribution in [2.75, 3.05) is 26.2 Å². The molecule has 2 aliphatic rings. The van der Waals surface area contributed by atoms with Crippen molar-refractivity contribution < 1.29 is 0 Å². The number of rotatable bonds is 3. The fraction of sp³-hybridized carbons (Fsp3) is 0.556. The highest BCUT2D eigenvalue weighted by Crippen LogP contribution is 2.39. The lowest BCUT2D eigenvalue weighted by molar-refractivity contribution is 0.194. The van der Waals surface area contributed by atoms with E-state index >= 15 is 0 Å². The maximum absolute atomic E-state index is 4.68. The van der Waals surface area contributed by atoms with Crippen LogP contribution in [-0.2, 0) is 6.54 Å². The zero-order valence-electron chi connectivity index (χ0n) is 14.2. The normalized spacial score (nSPS) is 20.2. The van der Waals surface area contributed by atoms with Gasteiger partial charge in [-0.15, -0.1) is 12.4 Å². The Morgan fingerprint density at radius 3 is 2.67 bits per heavy atom. The summed E-state index contributed by atoms with van der Waals surface area (Å²) in [5.41, 5.74) is 4.12. The molecule has 1 spiro atoms. The van der Waals surface area contributed by atoms with Gasteiger partial charge in [0.25, 0.3) is 0 Å². The smallest absolute Gasteiger partial charge is 0.0676 e. The van der Waals surface area contributed by atoms with Crippen LogP contribution in [0.1, 0.15) is 30.5 Å². The molecule has 4 rings (SSSR count). The molecule has 2 saturated heterocycles. The second-order valence-corrected chi connectivity index (χ2v) is 7.10. The fourth-order valence-electron chi connectivity index (χ4n) is 4.05. The molecule has 5 nitrogen and oxygen atoms in total. The van der Waals surface area contributed by atoms with Crippen LogP contribution in [0.3, 0.4) is 0 Å². The average molecular weight is 348 g/mol. The van der Waals surface area contributed by atoms with Gasteiger partial charge < -0.3 is 5.32 Å². The Balaban J connectivity index is 0.00000169. The molecule has 2 aromatic heterocycles. The lowest BCUT2D eigenvalue weighted by atomic mass is 9.78. The molecule has 0 amide bonds. The van der Waals surface area contributed by atoms with E-state index in [-0.39, 0.29) is 12.4 Å². The Kier molecular flexibility index (Phi) is 5.23. The van der Waals surface area contributed by atoms with Gasteiger partial charge in [0.15, 0.2) is 0 Å². The summed E-state index contributed by atoms with van der Waals surface area (Å²) in [6.07, 6.45) is 9.82. The van der Waals surface area contributed by atoms with Crippen LogP contribution in [0.25, 0.3) is 5.69 Å². The summed E-state index contributed by atoms with van der Waals surface area (Å²) >= 11 is 0. The highest BCUT2D eigenvalue weighted by atomic mass is 35.5. The number of hydrogen-bond acceptors (Lipinski definition) is 4. The Hall–Kier alpha value is -1.43. The molecular formula is C18H26ClN5. The van der Waals surface area contributed by atoms with Gasteiger partial charge >= 0.3 is 0 Å². The van der Waals surface area contributed by atoms with Gasteiger partial charge in [-0.3, -0.25) is 9.88 Å². The first-order valence-electron chi connectivity index (χ1n) is 8.63. The SMILES string of the molecule is Cc1nn(-c2ccncc2)cc1CN1CCC2(CCNCC2)C1.Cl. The van der Waals surface area contributed by atoms with Crippen molar-refractivity contribution >= 4 is 12.4 Å². The third kappa shape index (κ3) is 3.48. The van der Waals surface area contributed by atoms with E-state index in [0.29, 0.717) is 5.41 Å². The van der Waals surface area contributed by atoms with Gasteiger partial charge in [0.05, 0.1) is 11.4 Å². The number of hydrogen-bond donors (Lipinski definition) is 1. The highest BCUT2D eigenvalue weighted by molar-refractivity contribution is 5.85. The van der Waals surface area contributed by atoms with Crippen LogP contribution >= 0.6 is 12.4 Å². The van der Waals surface area contributed by atoms with Crippen LogP contribution < -0.4 is 5.32 Å². The Morgan fingerprint density at radius 1 is 1.17 bits per heavy atom. The molecule has 0 atom stereocenters. The van der Waals surface area contributed by atoms with Crippen LogP contribution in [0, 0.1) is 12.3 Å². The molecule has 0 saturated carbocycles. The molecule has 0 aromatic carbocycles. The number of nitrogens with zero attached hydrogens (tertiary/aromatic N) is 4. The maximum Gasteiger partial charge on any atom is 0.0676 e. The summed E-state index contributed by atoms with van der Waals surface area (Å²) in [6.45, 7) is 7.98. The van der Waals surface area contributed by atoms with Gasteiger partial charge in [-0.2, -0.15) is 5.10 Å². The molecule has 1 N–H and O–H groups in total. The molecule has 24 heavy (non-hydrogen) atoms. The molecule has 130 valence electrons. The standard InChI is InChI=1S/C18H25N5.ClH/c1-15-16(13-23(21-15)17-2-7-19-8-3-17)12-22-11-6-18(14-22)4-9-20-10-5-18;/h2-3,7-8,13,20H,4-6,9-12,14H2,1H3;1H.